The van der Waals surface area contributed by atoms with Crippen molar-refractivity contribution >= 4 is 34.0 Å². The molecule has 0 saturated carbocycles. The fourth-order valence-corrected chi connectivity index (χ4v) is 2.70. The first kappa shape index (κ1) is 19.1. The first-order valence-corrected chi connectivity index (χ1v) is 8.82. The molecule has 0 amide bonds. The van der Waals surface area contributed by atoms with Crippen LogP contribution >= 0.6 is 0 Å². The van der Waals surface area contributed by atoms with E-state index in [0.717, 1.165) is 33.7 Å². The van der Waals surface area contributed by atoms with Crippen LogP contribution < -0.4 is 0 Å². The number of H-pyrrole nitrogens is 2. The number of imidazole rings is 2. The number of aliphatic carboxylic acids is 2. The third kappa shape index (κ3) is 5.16. The summed E-state index contributed by atoms with van der Waals surface area (Å²) in [5, 5.41) is 17.0. The molecule has 2 aromatic heterocycles. The molecule has 0 spiro atoms. The van der Waals surface area contributed by atoms with Crippen LogP contribution in [0.1, 0.15) is 24.5 Å². The van der Waals surface area contributed by atoms with Gasteiger partial charge < -0.3 is 20.2 Å². The molecule has 28 heavy (non-hydrogen) atoms. The van der Waals surface area contributed by atoms with Crippen molar-refractivity contribution in [1.29, 1.82) is 0 Å². The summed E-state index contributed by atoms with van der Waals surface area (Å²) in [6, 6.07) is 15.3. The highest BCUT2D eigenvalue weighted by Crippen LogP contribution is 2.12. The highest BCUT2D eigenvalue weighted by Gasteiger charge is 2.05. The first-order valence-electron chi connectivity index (χ1n) is 8.82. The van der Waals surface area contributed by atoms with Crippen LogP contribution in [0, 0.1) is 0 Å². The summed E-state index contributed by atoms with van der Waals surface area (Å²) in [5.41, 5.74) is 3.67. The molecule has 8 nitrogen and oxygen atoms in total. The van der Waals surface area contributed by atoms with Gasteiger partial charge in [0, 0.05) is 12.8 Å². The predicted octanol–water partition coefficient (Wildman–Crippen LogP) is 3.16. The van der Waals surface area contributed by atoms with Crippen molar-refractivity contribution in [1.82, 2.24) is 19.9 Å². The third-order valence-electron chi connectivity index (χ3n) is 4.03. The Morgan fingerprint density at radius 2 is 1.11 bits per heavy atom. The zero-order valence-corrected chi connectivity index (χ0v) is 15.1. The van der Waals surface area contributed by atoms with Crippen LogP contribution in [-0.2, 0) is 22.4 Å². The van der Waals surface area contributed by atoms with Gasteiger partial charge in [-0.3, -0.25) is 9.59 Å². The highest BCUT2D eigenvalue weighted by molar-refractivity contribution is 5.75. The second-order valence-corrected chi connectivity index (χ2v) is 6.19. The Morgan fingerprint density at radius 3 is 1.46 bits per heavy atom. The lowest BCUT2D eigenvalue weighted by Gasteiger charge is -1.89. The molecule has 4 N–H and O–H groups in total. The zero-order chi connectivity index (χ0) is 19.9. The fourth-order valence-electron chi connectivity index (χ4n) is 2.70. The number of carboxylic acids is 2. The van der Waals surface area contributed by atoms with Gasteiger partial charge in [-0.1, -0.05) is 24.3 Å². The molecule has 0 saturated heterocycles. The van der Waals surface area contributed by atoms with Gasteiger partial charge in [-0.25, -0.2) is 9.97 Å². The second-order valence-electron chi connectivity index (χ2n) is 6.19. The topological polar surface area (TPSA) is 132 Å². The van der Waals surface area contributed by atoms with Gasteiger partial charge >= 0.3 is 11.9 Å². The van der Waals surface area contributed by atoms with Gasteiger partial charge in [0.2, 0.25) is 0 Å². The van der Waals surface area contributed by atoms with Gasteiger partial charge in [-0.2, -0.15) is 0 Å². The number of nitrogens with zero attached hydrogens (tertiary/aromatic N) is 2. The SMILES string of the molecule is O=C(O)CCc1nc2ccccc2[nH]1.O=C(O)CCc1nc2ccccc2[nH]1. The molecule has 2 aromatic carbocycles. The number of aromatic nitrogens is 4. The first-order chi connectivity index (χ1) is 13.5. The molecule has 2 heterocycles. The van der Waals surface area contributed by atoms with E-state index in [1.807, 2.05) is 48.5 Å². The van der Waals surface area contributed by atoms with Gasteiger partial charge in [-0.15, -0.1) is 0 Å². The van der Waals surface area contributed by atoms with Gasteiger partial charge in [-0.05, 0) is 24.3 Å². The molecule has 4 rings (SSSR count). The number of fused-ring (bicyclic) bond motifs is 2. The second kappa shape index (κ2) is 8.81. The molecular weight excluding hydrogens is 360 g/mol. The van der Waals surface area contributed by atoms with Gasteiger partial charge in [0.25, 0.3) is 0 Å². The summed E-state index contributed by atoms with van der Waals surface area (Å²) < 4.78 is 0. The van der Waals surface area contributed by atoms with Crippen molar-refractivity contribution in [2.75, 3.05) is 0 Å². The number of aromatic amines is 2. The fraction of sp³-hybridized carbons (Fsp3) is 0.200. The van der Waals surface area contributed by atoms with Gasteiger partial charge in [0.05, 0.1) is 34.9 Å². The van der Waals surface area contributed by atoms with Crippen molar-refractivity contribution < 1.29 is 19.8 Å². The molecule has 8 heteroatoms. The van der Waals surface area contributed by atoms with Crippen molar-refractivity contribution in [2.24, 2.45) is 0 Å². The molecule has 0 atom stereocenters. The molecule has 0 aliphatic carbocycles. The minimum atomic E-state index is -0.801. The Morgan fingerprint density at radius 1 is 0.714 bits per heavy atom. The Balaban J connectivity index is 0.000000161. The van der Waals surface area contributed by atoms with Crippen LogP contribution in [0.5, 0.6) is 0 Å². The Kier molecular flexibility index (Phi) is 6.01. The molecule has 0 unspecified atom stereocenters. The van der Waals surface area contributed by atoms with E-state index < -0.39 is 11.9 Å². The lowest BCUT2D eigenvalue weighted by molar-refractivity contribution is -0.138. The van der Waals surface area contributed by atoms with Gasteiger partial charge in [0.15, 0.2) is 0 Å². The number of benzene rings is 2. The Labute approximate surface area is 160 Å². The normalized spacial score (nSPS) is 10.6. The summed E-state index contributed by atoms with van der Waals surface area (Å²) in [7, 11) is 0. The van der Waals surface area contributed by atoms with E-state index in [0.29, 0.717) is 12.8 Å². The monoisotopic (exact) mass is 380 g/mol. The summed E-state index contributed by atoms with van der Waals surface area (Å²) in [6.07, 6.45) is 1.12. The summed E-state index contributed by atoms with van der Waals surface area (Å²) in [5.74, 6) is -0.141. The quantitative estimate of drug-likeness (QED) is 0.406. The van der Waals surface area contributed by atoms with E-state index in [9.17, 15) is 9.59 Å². The maximum absolute atomic E-state index is 10.3. The lowest BCUT2D eigenvalue weighted by atomic mass is 10.3. The Bertz CT molecular complexity index is 946. The number of carbonyl (C=O) groups is 2. The van der Waals surface area contributed by atoms with E-state index in [4.69, 9.17) is 10.2 Å². The van der Waals surface area contributed by atoms with E-state index in [-0.39, 0.29) is 12.8 Å². The summed E-state index contributed by atoms with van der Waals surface area (Å²) in [6.45, 7) is 0. The largest absolute Gasteiger partial charge is 0.481 e. The third-order valence-corrected chi connectivity index (χ3v) is 4.03. The molecular formula is C20H20N4O4. The number of para-hydroxylation sites is 4. The smallest absolute Gasteiger partial charge is 0.303 e. The number of hydrogen-bond donors (Lipinski definition) is 4. The zero-order valence-electron chi connectivity index (χ0n) is 15.1. The maximum atomic E-state index is 10.3. The average molecular weight is 380 g/mol. The van der Waals surface area contributed by atoms with E-state index >= 15 is 0 Å². The van der Waals surface area contributed by atoms with Crippen molar-refractivity contribution in [3.8, 4) is 0 Å². The standard InChI is InChI=1S/2C10H10N2O2/c2*13-10(14)6-5-9-11-7-3-1-2-4-8(7)12-9/h2*1-4H,5-6H2,(H,11,12)(H,13,14). The van der Waals surface area contributed by atoms with Crippen molar-refractivity contribution in [2.45, 2.75) is 25.7 Å². The van der Waals surface area contributed by atoms with E-state index in [1.165, 1.54) is 0 Å². The summed E-state index contributed by atoms with van der Waals surface area (Å²) >= 11 is 0. The number of hydrogen-bond acceptors (Lipinski definition) is 4. The van der Waals surface area contributed by atoms with E-state index in [1.54, 1.807) is 0 Å². The number of nitrogens with one attached hydrogen (secondary N) is 2. The van der Waals surface area contributed by atoms with Crippen LogP contribution in [0.2, 0.25) is 0 Å². The average Bonchev–Trinajstić information content (AvgIpc) is 3.28. The van der Waals surface area contributed by atoms with Crippen LogP contribution in [0.15, 0.2) is 48.5 Å². The molecule has 0 fully saturated rings. The minimum Gasteiger partial charge on any atom is -0.481 e. The minimum absolute atomic E-state index is 0.111. The molecule has 144 valence electrons. The van der Waals surface area contributed by atoms with Crippen molar-refractivity contribution in [3.63, 3.8) is 0 Å². The number of rotatable bonds is 6. The van der Waals surface area contributed by atoms with Gasteiger partial charge in [0.1, 0.15) is 11.6 Å². The molecule has 4 aromatic rings. The summed E-state index contributed by atoms with van der Waals surface area (Å²) in [4.78, 5) is 35.4. The van der Waals surface area contributed by atoms with E-state index in [2.05, 4.69) is 19.9 Å². The van der Waals surface area contributed by atoms with Crippen LogP contribution in [-0.4, -0.2) is 42.1 Å². The van der Waals surface area contributed by atoms with Crippen LogP contribution in [0.3, 0.4) is 0 Å². The highest BCUT2D eigenvalue weighted by atomic mass is 16.4. The van der Waals surface area contributed by atoms with Crippen LogP contribution in [0.4, 0.5) is 0 Å². The molecule has 0 radical (unpaired) electrons. The van der Waals surface area contributed by atoms with Crippen molar-refractivity contribution in [3.05, 3.63) is 60.2 Å². The molecule has 0 aliphatic heterocycles. The Hall–Kier alpha value is -3.68. The number of aryl methyl sites for hydroxylation is 2. The number of carboxylic acid groups (broad SMARTS) is 2. The maximum Gasteiger partial charge on any atom is 0.303 e. The molecule has 0 aliphatic rings. The van der Waals surface area contributed by atoms with Crippen LogP contribution in [0.25, 0.3) is 22.1 Å². The molecule has 0 bridgehead atoms. The predicted molar refractivity (Wildman–Crippen MR) is 104 cm³/mol. The lowest BCUT2D eigenvalue weighted by Crippen LogP contribution is -1.98.